The van der Waals surface area contributed by atoms with E-state index in [1.807, 2.05) is 30.3 Å². The summed E-state index contributed by atoms with van der Waals surface area (Å²) in [5, 5.41) is 11.3. The van der Waals surface area contributed by atoms with Crippen LogP contribution in [0.5, 0.6) is 0 Å². The second kappa shape index (κ2) is 14.9. The van der Waals surface area contributed by atoms with E-state index in [0.29, 0.717) is 6.42 Å². The Kier molecular flexibility index (Phi) is 12.9. The van der Waals surface area contributed by atoms with E-state index in [1.165, 1.54) is 70.6 Å². The standard InChI is InChI=1S/C22H37NO2/c1-2-3-4-5-6-7-8-9-10-11-12-13-17-20-22(23(24)25)21-18-15-14-16-19-21/h14-16,18-19,22H,2-13,17,20H2,1H3. The molecule has 1 aromatic rings. The van der Waals surface area contributed by atoms with Gasteiger partial charge in [-0.3, -0.25) is 10.1 Å². The highest BCUT2D eigenvalue weighted by atomic mass is 16.6. The molecule has 0 aliphatic heterocycles. The SMILES string of the molecule is CCCCCCCCCCCCCCCC(c1ccccc1)[N+](=O)[O-]. The van der Waals surface area contributed by atoms with Crippen LogP contribution in [0.1, 0.15) is 108 Å². The van der Waals surface area contributed by atoms with Crippen LogP contribution in [0.2, 0.25) is 0 Å². The number of nitrogens with zero attached hydrogens (tertiary/aromatic N) is 1. The molecule has 0 heterocycles. The van der Waals surface area contributed by atoms with E-state index in [1.54, 1.807) is 0 Å². The smallest absolute Gasteiger partial charge is 0.238 e. The predicted molar refractivity (Wildman–Crippen MR) is 106 cm³/mol. The van der Waals surface area contributed by atoms with Gasteiger partial charge in [-0.25, -0.2) is 0 Å². The molecule has 0 saturated heterocycles. The number of nitro groups is 1. The fourth-order valence-electron chi connectivity index (χ4n) is 3.42. The van der Waals surface area contributed by atoms with E-state index < -0.39 is 6.04 Å². The lowest BCUT2D eigenvalue weighted by molar-refractivity contribution is -0.530. The second-order valence-corrected chi connectivity index (χ2v) is 7.24. The van der Waals surface area contributed by atoms with Crippen LogP contribution in [0.4, 0.5) is 0 Å². The Labute approximate surface area is 154 Å². The van der Waals surface area contributed by atoms with Gasteiger partial charge in [-0.2, -0.15) is 0 Å². The van der Waals surface area contributed by atoms with Gasteiger partial charge in [0.1, 0.15) is 0 Å². The van der Waals surface area contributed by atoms with Crippen LogP contribution in [-0.2, 0) is 0 Å². The average Bonchev–Trinajstić information content (AvgIpc) is 2.62. The molecule has 0 aliphatic carbocycles. The largest absolute Gasteiger partial charge is 0.264 e. The summed E-state index contributed by atoms with van der Waals surface area (Å²) in [6, 6.07) is 8.89. The van der Waals surface area contributed by atoms with E-state index >= 15 is 0 Å². The van der Waals surface area contributed by atoms with Crippen LogP contribution in [0, 0.1) is 10.1 Å². The monoisotopic (exact) mass is 347 g/mol. The van der Waals surface area contributed by atoms with E-state index in [4.69, 9.17) is 0 Å². The minimum Gasteiger partial charge on any atom is -0.264 e. The van der Waals surface area contributed by atoms with Crippen molar-refractivity contribution in [3.8, 4) is 0 Å². The van der Waals surface area contributed by atoms with E-state index in [9.17, 15) is 10.1 Å². The van der Waals surface area contributed by atoms with Crippen LogP contribution in [0.3, 0.4) is 0 Å². The van der Waals surface area contributed by atoms with Crippen molar-refractivity contribution in [2.45, 2.75) is 103 Å². The van der Waals surface area contributed by atoms with Gasteiger partial charge in [0, 0.05) is 16.9 Å². The van der Waals surface area contributed by atoms with Crippen LogP contribution >= 0.6 is 0 Å². The van der Waals surface area contributed by atoms with Crippen molar-refractivity contribution in [1.82, 2.24) is 0 Å². The molecule has 0 bridgehead atoms. The molecule has 0 aliphatic rings. The number of hydrogen-bond acceptors (Lipinski definition) is 2. The van der Waals surface area contributed by atoms with Crippen LogP contribution in [-0.4, -0.2) is 4.92 Å². The molecule has 1 aromatic carbocycles. The molecule has 1 atom stereocenters. The number of hydrogen-bond donors (Lipinski definition) is 0. The Hall–Kier alpha value is -1.38. The van der Waals surface area contributed by atoms with Gasteiger partial charge in [0.15, 0.2) is 0 Å². The summed E-state index contributed by atoms with van der Waals surface area (Å²) < 4.78 is 0. The Morgan fingerprint density at radius 3 is 1.64 bits per heavy atom. The molecule has 142 valence electrons. The third-order valence-corrected chi connectivity index (χ3v) is 5.02. The summed E-state index contributed by atoms with van der Waals surface area (Å²) in [5.41, 5.74) is 0.839. The highest BCUT2D eigenvalue weighted by Gasteiger charge is 2.21. The van der Waals surface area contributed by atoms with Gasteiger partial charge in [0.05, 0.1) is 0 Å². The molecule has 0 N–H and O–H groups in total. The summed E-state index contributed by atoms with van der Waals surface area (Å²) in [6.45, 7) is 2.26. The third kappa shape index (κ3) is 11.0. The van der Waals surface area contributed by atoms with Gasteiger partial charge in [0.25, 0.3) is 0 Å². The normalized spacial score (nSPS) is 12.2. The minimum atomic E-state index is -0.533. The van der Waals surface area contributed by atoms with E-state index in [-0.39, 0.29) is 4.92 Å². The molecule has 1 unspecified atom stereocenters. The zero-order chi connectivity index (χ0) is 18.2. The van der Waals surface area contributed by atoms with Gasteiger partial charge in [0.2, 0.25) is 6.04 Å². The zero-order valence-corrected chi connectivity index (χ0v) is 16.1. The topological polar surface area (TPSA) is 43.1 Å². The summed E-state index contributed by atoms with van der Waals surface area (Å²) in [4.78, 5) is 11.1. The highest BCUT2D eigenvalue weighted by Crippen LogP contribution is 2.23. The van der Waals surface area contributed by atoms with Crippen LogP contribution < -0.4 is 0 Å². The first-order valence-electron chi connectivity index (χ1n) is 10.4. The van der Waals surface area contributed by atoms with Crippen LogP contribution in [0.25, 0.3) is 0 Å². The van der Waals surface area contributed by atoms with Crippen molar-refractivity contribution in [1.29, 1.82) is 0 Å². The Balaban J connectivity index is 1.96. The lowest BCUT2D eigenvalue weighted by Crippen LogP contribution is -2.10. The van der Waals surface area contributed by atoms with Gasteiger partial charge in [-0.1, -0.05) is 114 Å². The summed E-state index contributed by atoms with van der Waals surface area (Å²) in [7, 11) is 0. The molecule has 0 saturated carbocycles. The van der Waals surface area contributed by atoms with Crippen molar-refractivity contribution in [3.63, 3.8) is 0 Å². The maximum absolute atomic E-state index is 11.3. The number of benzene rings is 1. The van der Waals surface area contributed by atoms with Gasteiger partial charge >= 0.3 is 0 Å². The Morgan fingerprint density at radius 1 is 0.760 bits per heavy atom. The maximum Gasteiger partial charge on any atom is 0.238 e. The molecule has 0 radical (unpaired) electrons. The first-order chi connectivity index (χ1) is 12.3. The van der Waals surface area contributed by atoms with Crippen molar-refractivity contribution >= 4 is 0 Å². The van der Waals surface area contributed by atoms with Crippen molar-refractivity contribution in [2.75, 3.05) is 0 Å². The first-order valence-corrected chi connectivity index (χ1v) is 10.4. The van der Waals surface area contributed by atoms with E-state index in [2.05, 4.69) is 6.92 Å². The zero-order valence-electron chi connectivity index (χ0n) is 16.1. The fraction of sp³-hybridized carbons (Fsp3) is 0.727. The lowest BCUT2D eigenvalue weighted by atomic mass is 10.00. The predicted octanol–water partition coefficient (Wildman–Crippen LogP) is 7.49. The van der Waals surface area contributed by atoms with Crippen molar-refractivity contribution in [2.24, 2.45) is 0 Å². The summed E-state index contributed by atoms with van der Waals surface area (Å²) in [5.74, 6) is 0. The second-order valence-electron chi connectivity index (χ2n) is 7.24. The van der Waals surface area contributed by atoms with E-state index in [0.717, 1.165) is 18.4 Å². The minimum absolute atomic E-state index is 0.129. The molecule has 0 fully saturated rings. The average molecular weight is 348 g/mol. The molecule has 0 spiro atoms. The summed E-state index contributed by atoms with van der Waals surface area (Å²) >= 11 is 0. The molecule has 1 rings (SSSR count). The van der Waals surface area contributed by atoms with Crippen LogP contribution in [0.15, 0.2) is 30.3 Å². The molecule has 0 amide bonds. The molecule has 25 heavy (non-hydrogen) atoms. The quantitative estimate of drug-likeness (QED) is 0.177. The number of unbranched alkanes of at least 4 members (excludes halogenated alkanes) is 12. The van der Waals surface area contributed by atoms with Gasteiger partial charge < -0.3 is 0 Å². The maximum atomic E-state index is 11.3. The highest BCUT2D eigenvalue weighted by molar-refractivity contribution is 5.17. The molecule has 3 nitrogen and oxygen atoms in total. The molecular formula is C22H37NO2. The first kappa shape index (κ1) is 21.7. The molecular weight excluding hydrogens is 310 g/mol. The Bertz CT molecular complexity index is 433. The van der Waals surface area contributed by atoms with Crippen molar-refractivity contribution < 1.29 is 4.92 Å². The lowest BCUT2D eigenvalue weighted by Gasteiger charge is -2.09. The molecule has 3 heteroatoms. The summed E-state index contributed by atoms with van der Waals surface area (Å²) in [6.07, 6.45) is 17.6. The number of rotatable bonds is 16. The van der Waals surface area contributed by atoms with Gasteiger partial charge in [-0.05, 0) is 6.42 Å². The van der Waals surface area contributed by atoms with Crippen molar-refractivity contribution in [3.05, 3.63) is 46.0 Å². The fourth-order valence-corrected chi connectivity index (χ4v) is 3.42. The molecule has 0 aromatic heterocycles. The van der Waals surface area contributed by atoms with Gasteiger partial charge in [-0.15, -0.1) is 0 Å². The third-order valence-electron chi connectivity index (χ3n) is 5.02. The Morgan fingerprint density at radius 2 is 1.20 bits per heavy atom.